The lowest BCUT2D eigenvalue weighted by atomic mass is 9.54. The molecule has 2 aromatic rings. The SMILES string of the molecule is COc1cccc(C23CCN(CC4CC4)CC2(OC(C)=O)CC[C@@H](N(CC(C)C)C(=O)c2ccccc2)C3)c1. The zero-order valence-corrected chi connectivity index (χ0v) is 24.0. The van der Waals surface area contributed by atoms with Crippen LogP contribution in [0.2, 0.25) is 0 Å². The lowest BCUT2D eigenvalue weighted by Crippen LogP contribution is -2.69. The summed E-state index contributed by atoms with van der Waals surface area (Å²) in [5, 5.41) is 0. The van der Waals surface area contributed by atoms with Gasteiger partial charge in [0.2, 0.25) is 0 Å². The number of hydrogen-bond donors (Lipinski definition) is 0. The maximum Gasteiger partial charge on any atom is 0.303 e. The number of carbonyl (C=O) groups is 2. The van der Waals surface area contributed by atoms with Crippen molar-refractivity contribution in [3.05, 3.63) is 65.7 Å². The Morgan fingerprint density at radius 2 is 1.82 bits per heavy atom. The van der Waals surface area contributed by atoms with Gasteiger partial charge >= 0.3 is 5.97 Å². The molecule has 2 unspecified atom stereocenters. The van der Waals surface area contributed by atoms with Gasteiger partial charge in [-0.05, 0) is 86.7 Å². The van der Waals surface area contributed by atoms with E-state index in [4.69, 9.17) is 9.47 Å². The van der Waals surface area contributed by atoms with Crippen LogP contribution in [0.5, 0.6) is 5.75 Å². The van der Waals surface area contributed by atoms with Gasteiger partial charge in [0.1, 0.15) is 11.4 Å². The number of nitrogens with zero attached hydrogens (tertiary/aromatic N) is 2. The summed E-state index contributed by atoms with van der Waals surface area (Å²) in [4.78, 5) is 31.3. The highest BCUT2D eigenvalue weighted by molar-refractivity contribution is 5.94. The molecule has 6 heteroatoms. The van der Waals surface area contributed by atoms with Gasteiger partial charge in [-0.1, -0.05) is 44.2 Å². The van der Waals surface area contributed by atoms with Crippen molar-refractivity contribution in [3.63, 3.8) is 0 Å². The highest BCUT2D eigenvalue weighted by Gasteiger charge is 2.61. The van der Waals surface area contributed by atoms with Crippen LogP contribution in [-0.4, -0.2) is 66.6 Å². The van der Waals surface area contributed by atoms with E-state index in [0.29, 0.717) is 12.5 Å². The van der Waals surface area contributed by atoms with Gasteiger partial charge in [0.05, 0.1) is 7.11 Å². The van der Waals surface area contributed by atoms with Crippen molar-refractivity contribution in [2.75, 3.05) is 33.3 Å². The van der Waals surface area contributed by atoms with Gasteiger partial charge in [0, 0.05) is 43.6 Å². The lowest BCUT2D eigenvalue weighted by molar-refractivity contribution is -0.189. The molecule has 2 saturated carbocycles. The summed E-state index contributed by atoms with van der Waals surface area (Å²) in [6.45, 7) is 9.36. The molecule has 0 aromatic heterocycles. The fourth-order valence-electron chi connectivity index (χ4n) is 7.21. The summed E-state index contributed by atoms with van der Waals surface area (Å²) in [7, 11) is 1.70. The van der Waals surface area contributed by atoms with E-state index in [1.54, 1.807) is 14.0 Å². The second-order valence-electron chi connectivity index (χ2n) is 12.4. The van der Waals surface area contributed by atoms with Gasteiger partial charge in [-0.3, -0.25) is 14.5 Å². The number of hydrogen-bond acceptors (Lipinski definition) is 5. The summed E-state index contributed by atoms with van der Waals surface area (Å²) >= 11 is 0. The van der Waals surface area contributed by atoms with E-state index in [9.17, 15) is 9.59 Å². The summed E-state index contributed by atoms with van der Waals surface area (Å²) in [5.41, 5.74) is 0.816. The van der Waals surface area contributed by atoms with Crippen LogP contribution < -0.4 is 4.74 Å². The van der Waals surface area contributed by atoms with Crippen molar-refractivity contribution >= 4 is 11.9 Å². The molecule has 39 heavy (non-hydrogen) atoms. The first-order valence-electron chi connectivity index (χ1n) is 14.7. The predicted molar refractivity (Wildman–Crippen MR) is 153 cm³/mol. The molecule has 0 bridgehead atoms. The van der Waals surface area contributed by atoms with Gasteiger partial charge < -0.3 is 14.4 Å². The highest BCUT2D eigenvalue weighted by atomic mass is 16.6. The van der Waals surface area contributed by atoms with E-state index in [1.165, 1.54) is 12.8 Å². The molecule has 0 N–H and O–H groups in total. The fourth-order valence-corrected chi connectivity index (χ4v) is 7.21. The van der Waals surface area contributed by atoms with E-state index in [-0.39, 0.29) is 17.9 Å². The number of ether oxygens (including phenoxy) is 2. The van der Waals surface area contributed by atoms with E-state index in [1.807, 2.05) is 42.5 Å². The lowest BCUT2D eigenvalue weighted by Gasteiger charge is -2.60. The van der Waals surface area contributed by atoms with Crippen LogP contribution >= 0.6 is 0 Å². The quantitative estimate of drug-likeness (QED) is 0.388. The van der Waals surface area contributed by atoms with Crippen molar-refractivity contribution in [3.8, 4) is 5.75 Å². The van der Waals surface area contributed by atoms with Gasteiger partial charge in [-0.2, -0.15) is 0 Å². The number of fused-ring (bicyclic) bond motifs is 1. The number of rotatable bonds is 9. The average Bonchev–Trinajstić information content (AvgIpc) is 3.75. The summed E-state index contributed by atoms with van der Waals surface area (Å²) in [6, 6.07) is 18.0. The Bertz CT molecular complexity index is 1160. The first kappa shape index (κ1) is 27.7. The second-order valence-corrected chi connectivity index (χ2v) is 12.4. The Hall–Kier alpha value is -2.86. The smallest absolute Gasteiger partial charge is 0.303 e. The van der Waals surface area contributed by atoms with E-state index < -0.39 is 11.0 Å². The summed E-state index contributed by atoms with van der Waals surface area (Å²) in [6.07, 6.45) is 5.77. The zero-order chi connectivity index (χ0) is 27.6. The normalized spacial score (nSPS) is 27.1. The van der Waals surface area contributed by atoms with Crippen molar-refractivity contribution < 1.29 is 19.1 Å². The second kappa shape index (κ2) is 11.3. The number of methoxy groups -OCH3 is 1. The minimum atomic E-state index is -0.645. The number of amides is 1. The number of piperidine rings is 1. The number of benzene rings is 2. The van der Waals surface area contributed by atoms with Gasteiger partial charge in [0.25, 0.3) is 5.91 Å². The molecule has 3 aliphatic rings. The topological polar surface area (TPSA) is 59.1 Å². The van der Waals surface area contributed by atoms with Gasteiger partial charge in [0.15, 0.2) is 0 Å². The Labute approximate surface area is 233 Å². The first-order chi connectivity index (χ1) is 18.7. The standard InChI is InChI=1S/C33H44N2O4/c1-24(2)21-35(31(37)27-9-6-5-7-10-27)29-15-16-33(39-25(3)36)23-34(22-26-13-14-26)18-17-32(33,20-29)28-11-8-12-30(19-28)38-4/h5-12,19,24,26,29H,13-18,20-23H2,1-4H3/t29-,32?,33?/m1/s1. The molecule has 2 aliphatic carbocycles. The van der Waals surface area contributed by atoms with E-state index in [0.717, 1.165) is 68.1 Å². The first-order valence-corrected chi connectivity index (χ1v) is 14.7. The minimum absolute atomic E-state index is 0.0463. The minimum Gasteiger partial charge on any atom is -0.497 e. The van der Waals surface area contributed by atoms with Crippen LogP contribution in [0.15, 0.2) is 54.6 Å². The molecule has 1 saturated heterocycles. The Kier molecular flexibility index (Phi) is 8.04. The van der Waals surface area contributed by atoms with Crippen LogP contribution in [0.1, 0.15) is 75.2 Å². The molecule has 3 fully saturated rings. The third-order valence-corrected chi connectivity index (χ3v) is 9.13. The molecule has 0 spiro atoms. The molecular formula is C33H44N2O4. The monoisotopic (exact) mass is 532 g/mol. The Balaban J connectivity index is 1.57. The predicted octanol–water partition coefficient (Wildman–Crippen LogP) is 5.70. The van der Waals surface area contributed by atoms with E-state index in [2.05, 4.69) is 35.8 Å². The molecule has 1 amide bonds. The van der Waals surface area contributed by atoms with Gasteiger partial charge in [-0.25, -0.2) is 0 Å². The van der Waals surface area contributed by atoms with Crippen molar-refractivity contribution in [2.45, 2.75) is 76.4 Å². The van der Waals surface area contributed by atoms with Crippen LogP contribution in [0.3, 0.4) is 0 Å². The van der Waals surface area contributed by atoms with Crippen LogP contribution in [0.25, 0.3) is 0 Å². The molecular weight excluding hydrogens is 488 g/mol. The molecule has 1 heterocycles. The molecule has 5 rings (SSSR count). The van der Waals surface area contributed by atoms with Crippen molar-refractivity contribution in [1.82, 2.24) is 9.80 Å². The number of esters is 1. The van der Waals surface area contributed by atoms with E-state index >= 15 is 0 Å². The maximum absolute atomic E-state index is 13.9. The molecule has 0 radical (unpaired) electrons. The number of likely N-dealkylation sites (tertiary alicyclic amines) is 1. The largest absolute Gasteiger partial charge is 0.497 e. The van der Waals surface area contributed by atoms with Crippen LogP contribution in [-0.2, 0) is 14.9 Å². The highest BCUT2D eigenvalue weighted by Crippen LogP contribution is 2.55. The average molecular weight is 533 g/mol. The summed E-state index contributed by atoms with van der Waals surface area (Å²) in [5.74, 6) is 1.77. The zero-order valence-electron chi connectivity index (χ0n) is 24.0. The molecule has 6 nitrogen and oxygen atoms in total. The summed E-state index contributed by atoms with van der Waals surface area (Å²) < 4.78 is 12.1. The fraction of sp³-hybridized carbons (Fsp3) is 0.576. The van der Waals surface area contributed by atoms with Crippen molar-refractivity contribution in [2.24, 2.45) is 11.8 Å². The Morgan fingerprint density at radius 3 is 2.49 bits per heavy atom. The van der Waals surface area contributed by atoms with Crippen LogP contribution in [0, 0.1) is 11.8 Å². The third kappa shape index (κ3) is 5.72. The molecule has 1 aliphatic heterocycles. The number of carbonyl (C=O) groups excluding carboxylic acids is 2. The van der Waals surface area contributed by atoms with Crippen LogP contribution in [0.4, 0.5) is 0 Å². The maximum atomic E-state index is 13.9. The Morgan fingerprint density at radius 1 is 1.05 bits per heavy atom. The van der Waals surface area contributed by atoms with Crippen molar-refractivity contribution in [1.29, 1.82) is 0 Å². The van der Waals surface area contributed by atoms with Gasteiger partial charge in [-0.15, -0.1) is 0 Å². The molecule has 3 atom stereocenters. The molecule has 210 valence electrons. The molecule has 2 aromatic carbocycles. The third-order valence-electron chi connectivity index (χ3n) is 9.13.